The van der Waals surface area contributed by atoms with Gasteiger partial charge in [-0.15, -0.1) is 0 Å². The molecule has 0 amide bonds. The summed E-state index contributed by atoms with van der Waals surface area (Å²) < 4.78 is 10.8. The maximum absolute atomic E-state index is 12.2. The summed E-state index contributed by atoms with van der Waals surface area (Å²) in [6.07, 6.45) is 1.80. The number of piperazine rings is 1. The number of hydrogen-bond donors (Lipinski definition) is 0. The summed E-state index contributed by atoms with van der Waals surface area (Å²) in [5, 5.41) is 6.57. The maximum atomic E-state index is 12.2. The van der Waals surface area contributed by atoms with Crippen molar-refractivity contribution in [2.24, 2.45) is 5.10 Å². The molecule has 0 atom stereocenters. The van der Waals surface area contributed by atoms with E-state index in [1.165, 1.54) is 0 Å². The highest BCUT2D eigenvalue weighted by Gasteiger charge is 2.13. The van der Waals surface area contributed by atoms with Crippen molar-refractivity contribution < 1.29 is 14.3 Å². The molecule has 0 N–H and O–H groups in total. The van der Waals surface area contributed by atoms with Gasteiger partial charge in [0.1, 0.15) is 0 Å². The smallest absolute Gasteiger partial charge is 0.343 e. The highest BCUT2D eigenvalue weighted by Crippen LogP contribution is 2.28. The first kappa shape index (κ1) is 17.9. The summed E-state index contributed by atoms with van der Waals surface area (Å²) in [7, 11) is 3.66. The SMILES string of the molecule is COc1cc(/C=N/N2CCN(C)CC2)ccc1OC(=O)c1ccccc1. The summed E-state index contributed by atoms with van der Waals surface area (Å²) in [6.45, 7) is 3.85. The molecule has 6 heteroatoms. The Morgan fingerprint density at radius 1 is 1.04 bits per heavy atom. The van der Waals surface area contributed by atoms with E-state index in [-0.39, 0.29) is 0 Å². The predicted octanol–water partition coefficient (Wildman–Crippen LogP) is 2.50. The molecule has 0 aliphatic carbocycles. The summed E-state index contributed by atoms with van der Waals surface area (Å²) in [4.78, 5) is 14.5. The van der Waals surface area contributed by atoms with Crippen molar-refractivity contribution in [2.45, 2.75) is 0 Å². The molecule has 26 heavy (non-hydrogen) atoms. The minimum atomic E-state index is -0.414. The Balaban J connectivity index is 1.68. The number of benzene rings is 2. The summed E-state index contributed by atoms with van der Waals surface area (Å²) in [5.41, 5.74) is 1.38. The summed E-state index contributed by atoms with van der Waals surface area (Å²) >= 11 is 0. The number of carbonyl (C=O) groups excluding carboxylic acids is 1. The Morgan fingerprint density at radius 3 is 2.46 bits per heavy atom. The van der Waals surface area contributed by atoms with Gasteiger partial charge in [0.2, 0.25) is 0 Å². The van der Waals surface area contributed by atoms with Gasteiger partial charge in [-0.2, -0.15) is 5.10 Å². The van der Waals surface area contributed by atoms with Crippen molar-refractivity contribution in [3.63, 3.8) is 0 Å². The van der Waals surface area contributed by atoms with Crippen molar-refractivity contribution in [3.05, 3.63) is 59.7 Å². The van der Waals surface area contributed by atoms with Crippen molar-refractivity contribution in [2.75, 3.05) is 40.3 Å². The van der Waals surface area contributed by atoms with E-state index in [2.05, 4.69) is 22.1 Å². The molecule has 1 saturated heterocycles. The van der Waals surface area contributed by atoms with Crippen LogP contribution in [0.25, 0.3) is 0 Å². The molecule has 0 spiro atoms. The highest BCUT2D eigenvalue weighted by atomic mass is 16.6. The molecule has 1 aliphatic rings. The lowest BCUT2D eigenvalue weighted by Crippen LogP contribution is -2.41. The van der Waals surface area contributed by atoms with Crippen LogP contribution in [0.15, 0.2) is 53.6 Å². The predicted molar refractivity (Wildman–Crippen MR) is 101 cm³/mol. The van der Waals surface area contributed by atoms with Crippen molar-refractivity contribution in [1.29, 1.82) is 0 Å². The molecule has 1 heterocycles. The molecule has 3 rings (SSSR count). The fraction of sp³-hybridized carbons (Fsp3) is 0.300. The monoisotopic (exact) mass is 353 g/mol. The van der Waals surface area contributed by atoms with Crippen LogP contribution in [0.1, 0.15) is 15.9 Å². The fourth-order valence-corrected chi connectivity index (χ4v) is 2.64. The number of likely N-dealkylation sites (N-methyl/N-ethyl adjacent to an activating group) is 1. The third-order valence-corrected chi connectivity index (χ3v) is 4.25. The van der Waals surface area contributed by atoms with Gasteiger partial charge in [0.05, 0.1) is 18.9 Å². The van der Waals surface area contributed by atoms with Crippen LogP contribution >= 0.6 is 0 Å². The lowest BCUT2D eigenvalue weighted by atomic mass is 10.2. The second kappa shape index (κ2) is 8.49. The Kier molecular flexibility index (Phi) is 5.86. The van der Waals surface area contributed by atoms with Gasteiger partial charge >= 0.3 is 5.97 Å². The van der Waals surface area contributed by atoms with E-state index in [0.29, 0.717) is 17.1 Å². The van der Waals surface area contributed by atoms with E-state index in [0.717, 1.165) is 31.7 Å². The average molecular weight is 353 g/mol. The highest BCUT2D eigenvalue weighted by molar-refractivity contribution is 5.91. The molecular weight excluding hydrogens is 330 g/mol. The van der Waals surface area contributed by atoms with Crippen LogP contribution in [-0.4, -0.2) is 62.4 Å². The molecule has 2 aromatic rings. The molecule has 0 aromatic heterocycles. The van der Waals surface area contributed by atoms with E-state index in [9.17, 15) is 4.79 Å². The molecule has 0 radical (unpaired) electrons. The molecule has 1 fully saturated rings. The van der Waals surface area contributed by atoms with E-state index in [1.807, 2.05) is 18.2 Å². The number of rotatable bonds is 5. The summed E-state index contributed by atoms with van der Waals surface area (Å²) in [6, 6.07) is 14.3. The average Bonchev–Trinajstić information content (AvgIpc) is 2.69. The Bertz CT molecular complexity index is 769. The Morgan fingerprint density at radius 2 is 1.77 bits per heavy atom. The van der Waals surface area contributed by atoms with Gasteiger partial charge < -0.3 is 14.4 Å². The lowest BCUT2D eigenvalue weighted by molar-refractivity contribution is 0.0729. The first-order valence-corrected chi connectivity index (χ1v) is 8.58. The number of ether oxygens (including phenoxy) is 2. The fourth-order valence-electron chi connectivity index (χ4n) is 2.64. The molecular formula is C20H23N3O3. The van der Waals surface area contributed by atoms with Crippen LogP contribution < -0.4 is 9.47 Å². The zero-order chi connectivity index (χ0) is 18.4. The van der Waals surface area contributed by atoms with Crippen LogP contribution in [0, 0.1) is 0 Å². The number of nitrogens with zero attached hydrogens (tertiary/aromatic N) is 3. The molecule has 6 nitrogen and oxygen atoms in total. The van der Waals surface area contributed by atoms with Gasteiger partial charge in [0.15, 0.2) is 11.5 Å². The minimum absolute atomic E-state index is 0.387. The number of esters is 1. The van der Waals surface area contributed by atoms with Gasteiger partial charge in [0, 0.05) is 26.2 Å². The van der Waals surface area contributed by atoms with Crippen molar-refractivity contribution >= 4 is 12.2 Å². The van der Waals surface area contributed by atoms with Crippen LogP contribution in [0.3, 0.4) is 0 Å². The Hall–Kier alpha value is -2.86. The van der Waals surface area contributed by atoms with Gasteiger partial charge in [0.25, 0.3) is 0 Å². The number of carbonyl (C=O) groups is 1. The Labute approximate surface area is 153 Å². The third kappa shape index (κ3) is 4.61. The maximum Gasteiger partial charge on any atom is 0.343 e. The largest absolute Gasteiger partial charge is 0.493 e. The van der Waals surface area contributed by atoms with Crippen LogP contribution in [0.5, 0.6) is 11.5 Å². The quantitative estimate of drug-likeness (QED) is 0.470. The molecule has 0 bridgehead atoms. The first-order chi connectivity index (χ1) is 12.7. The second-order valence-electron chi connectivity index (χ2n) is 6.17. The van der Waals surface area contributed by atoms with Gasteiger partial charge in [-0.3, -0.25) is 5.01 Å². The van der Waals surface area contributed by atoms with Gasteiger partial charge in [-0.1, -0.05) is 18.2 Å². The second-order valence-corrected chi connectivity index (χ2v) is 6.17. The molecule has 0 unspecified atom stereocenters. The van der Waals surface area contributed by atoms with E-state index >= 15 is 0 Å². The van der Waals surface area contributed by atoms with Crippen LogP contribution in [0.4, 0.5) is 0 Å². The first-order valence-electron chi connectivity index (χ1n) is 8.58. The van der Waals surface area contributed by atoms with Gasteiger partial charge in [-0.05, 0) is 42.9 Å². The van der Waals surface area contributed by atoms with E-state index < -0.39 is 5.97 Å². The van der Waals surface area contributed by atoms with Crippen molar-refractivity contribution in [1.82, 2.24) is 9.91 Å². The molecule has 0 saturated carbocycles. The minimum Gasteiger partial charge on any atom is -0.493 e. The topological polar surface area (TPSA) is 54.4 Å². The zero-order valence-corrected chi connectivity index (χ0v) is 15.1. The molecule has 2 aromatic carbocycles. The van der Waals surface area contributed by atoms with Crippen molar-refractivity contribution in [3.8, 4) is 11.5 Å². The van der Waals surface area contributed by atoms with E-state index in [1.54, 1.807) is 43.7 Å². The third-order valence-electron chi connectivity index (χ3n) is 4.25. The van der Waals surface area contributed by atoms with Gasteiger partial charge in [-0.25, -0.2) is 4.79 Å². The molecule has 1 aliphatic heterocycles. The summed E-state index contributed by atoms with van der Waals surface area (Å²) in [5.74, 6) is 0.470. The van der Waals surface area contributed by atoms with Crippen LogP contribution in [0.2, 0.25) is 0 Å². The number of hydrazone groups is 1. The van der Waals surface area contributed by atoms with Crippen LogP contribution in [-0.2, 0) is 0 Å². The molecule has 136 valence electrons. The standard InChI is InChI=1S/C20H23N3O3/c1-22-10-12-23(13-11-22)21-15-16-8-9-18(19(14-16)25-2)26-20(24)17-6-4-3-5-7-17/h3-9,14-15H,10-13H2,1-2H3/b21-15+. The number of hydrogen-bond acceptors (Lipinski definition) is 6. The number of methoxy groups -OCH3 is 1. The zero-order valence-electron chi connectivity index (χ0n) is 15.1. The normalized spacial score (nSPS) is 15.2. The van der Waals surface area contributed by atoms with E-state index in [4.69, 9.17) is 9.47 Å². The lowest BCUT2D eigenvalue weighted by Gasteiger charge is -2.30.